The molecular formula is C13H17N3O4S2. The molecule has 22 heavy (non-hydrogen) atoms. The van der Waals surface area contributed by atoms with Gasteiger partial charge in [-0.15, -0.1) is 11.3 Å². The van der Waals surface area contributed by atoms with E-state index in [4.69, 9.17) is 9.47 Å². The lowest BCUT2D eigenvalue weighted by Crippen LogP contribution is -2.36. The number of aryl methyl sites for hydroxylation is 1. The summed E-state index contributed by atoms with van der Waals surface area (Å²) in [6.07, 6.45) is 3.83. The molecule has 0 bridgehead atoms. The standard InChI is InChI=1S/C13H17N3O4S2/c1-16-8-9(7-14-16)12-10(3-5-20-12)15-22(17,18)13-11(19-2)4-6-21-13/h4,6-8,10,12,15H,3,5H2,1-2H3/t10-,12+/m0/s1. The molecule has 0 aromatic carbocycles. The Kier molecular flexibility index (Phi) is 4.22. The van der Waals surface area contributed by atoms with Crippen molar-refractivity contribution in [2.45, 2.75) is 22.8 Å². The number of nitrogens with zero attached hydrogens (tertiary/aromatic N) is 2. The highest BCUT2D eigenvalue weighted by atomic mass is 32.2. The molecule has 3 rings (SSSR count). The van der Waals surface area contributed by atoms with Crippen LogP contribution >= 0.6 is 11.3 Å². The van der Waals surface area contributed by atoms with Gasteiger partial charge in [-0.2, -0.15) is 5.10 Å². The number of ether oxygens (including phenoxy) is 2. The minimum atomic E-state index is -3.64. The predicted octanol–water partition coefficient (Wildman–Crippen LogP) is 1.30. The van der Waals surface area contributed by atoms with Gasteiger partial charge in [-0.3, -0.25) is 4.68 Å². The fraction of sp³-hybridized carbons (Fsp3) is 0.462. The van der Waals surface area contributed by atoms with Gasteiger partial charge >= 0.3 is 0 Å². The summed E-state index contributed by atoms with van der Waals surface area (Å²) in [4.78, 5) is 0. The Morgan fingerprint density at radius 3 is 3.05 bits per heavy atom. The van der Waals surface area contributed by atoms with E-state index >= 15 is 0 Å². The fourth-order valence-electron chi connectivity index (χ4n) is 2.51. The largest absolute Gasteiger partial charge is 0.494 e. The van der Waals surface area contributed by atoms with E-state index in [2.05, 4.69) is 9.82 Å². The Labute approximate surface area is 132 Å². The molecule has 1 N–H and O–H groups in total. The lowest BCUT2D eigenvalue weighted by atomic mass is 10.1. The Bertz CT molecular complexity index is 753. The summed E-state index contributed by atoms with van der Waals surface area (Å²) in [5.41, 5.74) is 0.867. The first-order valence-corrected chi connectivity index (χ1v) is 9.11. The summed E-state index contributed by atoms with van der Waals surface area (Å²) >= 11 is 1.13. The first kappa shape index (κ1) is 15.5. The lowest BCUT2D eigenvalue weighted by Gasteiger charge is -2.18. The van der Waals surface area contributed by atoms with Crippen LogP contribution in [0.15, 0.2) is 28.0 Å². The monoisotopic (exact) mass is 343 g/mol. The topological polar surface area (TPSA) is 82.5 Å². The van der Waals surface area contributed by atoms with Gasteiger partial charge in [0.25, 0.3) is 10.0 Å². The second-order valence-electron chi connectivity index (χ2n) is 5.03. The number of rotatable bonds is 5. The summed E-state index contributed by atoms with van der Waals surface area (Å²) < 4.78 is 40.5. The van der Waals surface area contributed by atoms with Crippen LogP contribution < -0.4 is 9.46 Å². The smallest absolute Gasteiger partial charge is 0.254 e. The highest BCUT2D eigenvalue weighted by Gasteiger charge is 2.35. The number of methoxy groups -OCH3 is 1. The van der Waals surface area contributed by atoms with Crippen molar-refractivity contribution in [3.8, 4) is 5.75 Å². The molecule has 120 valence electrons. The maximum Gasteiger partial charge on any atom is 0.254 e. The molecule has 7 nitrogen and oxygen atoms in total. The SMILES string of the molecule is COc1ccsc1S(=O)(=O)N[C@H]1CCO[C@@H]1c1cnn(C)c1. The van der Waals surface area contributed by atoms with E-state index in [1.165, 1.54) is 7.11 Å². The Morgan fingerprint density at radius 1 is 1.55 bits per heavy atom. The lowest BCUT2D eigenvalue weighted by molar-refractivity contribution is 0.102. The van der Waals surface area contributed by atoms with E-state index in [9.17, 15) is 8.42 Å². The molecule has 2 aromatic heterocycles. The van der Waals surface area contributed by atoms with Crippen LogP contribution in [0.3, 0.4) is 0 Å². The molecule has 9 heteroatoms. The number of aromatic nitrogens is 2. The molecule has 0 unspecified atom stereocenters. The van der Waals surface area contributed by atoms with Crippen molar-refractivity contribution >= 4 is 21.4 Å². The molecule has 0 amide bonds. The molecule has 1 aliphatic rings. The Morgan fingerprint density at radius 2 is 2.36 bits per heavy atom. The number of nitrogens with one attached hydrogen (secondary N) is 1. The second-order valence-corrected chi connectivity index (χ2v) is 7.86. The van der Waals surface area contributed by atoms with E-state index in [0.29, 0.717) is 18.8 Å². The van der Waals surface area contributed by atoms with E-state index in [0.717, 1.165) is 16.9 Å². The van der Waals surface area contributed by atoms with Crippen LogP contribution in [0, 0.1) is 0 Å². The maximum absolute atomic E-state index is 12.6. The van der Waals surface area contributed by atoms with Crippen molar-refractivity contribution in [2.24, 2.45) is 7.05 Å². The van der Waals surface area contributed by atoms with E-state index in [1.807, 2.05) is 13.2 Å². The van der Waals surface area contributed by atoms with Crippen molar-refractivity contribution in [1.29, 1.82) is 0 Å². The van der Waals surface area contributed by atoms with Crippen LogP contribution in [0.25, 0.3) is 0 Å². The average molecular weight is 343 g/mol. The van der Waals surface area contributed by atoms with Gasteiger partial charge in [-0.25, -0.2) is 13.1 Å². The van der Waals surface area contributed by atoms with Crippen LogP contribution in [-0.4, -0.2) is 38.0 Å². The molecule has 1 aliphatic heterocycles. The van der Waals surface area contributed by atoms with E-state index in [-0.39, 0.29) is 16.4 Å². The molecule has 0 spiro atoms. The highest BCUT2D eigenvalue weighted by Crippen LogP contribution is 2.33. The first-order valence-electron chi connectivity index (χ1n) is 6.75. The summed E-state index contributed by atoms with van der Waals surface area (Å²) in [6, 6.07) is 1.32. The number of hydrogen-bond acceptors (Lipinski definition) is 6. The quantitative estimate of drug-likeness (QED) is 0.885. The minimum absolute atomic E-state index is 0.187. The van der Waals surface area contributed by atoms with Crippen molar-refractivity contribution < 1.29 is 17.9 Å². The van der Waals surface area contributed by atoms with Gasteiger partial charge in [0, 0.05) is 25.4 Å². The van der Waals surface area contributed by atoms with Crippen LogP contribution in [-0.2, 0) is 21.8 Å². The third kappa shape index (κ3) is 2.89. The zero-order valence-electron chi connectivity index (χ0n) is 12.2. The zero-order chi connectivity index (χ0) is 15.7. The Balaban J connectivity index is 1.82. The normalized spacial score (nSPS) is 22.1. The van der Waals surface area contributed by atoms with Crippen molar-refractivity contribution in [3.05, 3.63) is 29.4 Å². The van der Waals surface area contributed by atoms with E-state index in [1.54, 1.807) is 22.3 Å². The van der Waals surface area contributed by atoms with Gasteiger partial charge in [0.05, 0.1) is 19.3 Å². The predicted molar refractivity (Wildman–Crippen MR) is 81.5 cm³/mol. The van der Waals surface area contributed by atoms with Crippen molar-refractivity contribution in [3.63, 3.8) is 0 Å². The first-order chi connectivity index (χ1) is 10.5. The number of thiophene rings is 1. The molecule has 1 saturated heterocycles. The zero-order valence-corrected chi connectivity index (χ0v) is 13.9. The molecule has 2 atom stereocenters. The van der Waals surface area contributed by atoms with E-state index < -0.39 is 10.0 Å². The van der Waals surface area contributed by atoms with Crippen molar-refractivity contribution in [1.82, 2.24) is 14.5 Å². The van der Waals surface area contributed by atoms with Gasteiger partial charge in [-0.05, 0) is 17.9 Å². The number of sulfonamides is 1. The molecule has 1 fully saturated rings. The molecule has 0 aliphatic carbocycles. The van der Waals surface area contributed by atoms with Gasteiger partial charge in [0.1, 0.15) is 11.9 Å². The molecular weight excluding hydrogens is 326 g/mol. The third-order valence-electron chi connectivity index (χ3n) is 3.51. The molecule has 3 heterocycles. The summed E-state index contributed by atoms with van der Waals surface area (Å²) in [5, 5.41) is 5.80. The average Bonchev–Trinajstić information content (AvgIpc) is 3.17. The van der Waals surface area contributed by atoms with Crippen LogP contribution in [0.2, 0.25) is 0 Å². The summed E-state index contributed by atoms with van der Waals surface area (Å²) in [7, 11) is -0.371. The minimum Gasteiger partial charge on any atom is -0.494 e. The fourth-order valence-corrected chi connectivity index (χ4v) is 5.07. The molecule has 2 aromatic rings. The van der Waals surface area contributed by atoms with Gasteiger partial charge < -0.3 is 9.47 Å². The highest BCUT2D eigenvalue weighted by molar-refractivity contribution is 7.91. The second kappa shape index (κ2) is 5.99. The summed E-state index contributed by atoms with van der Waals surface area (Å²) in [6.45, 7) is 0.508. The number of hydrogen-bond donors (Lipinski definition) is 1. The summed E-state index contributed by atoms with van der Waals surface area (Å²) in [5.74, 6) is 0.356. The van der Waals surface area contributed by atoms with Crippen LogP contribution in [0.4, 0.5) is 0 Å². The van der Waals surface area contributed by atoms with Crippen molar-refractivity contribution in [2.75, 3.05) is 13.7 Å². The maximum atomic E-state index is 12.6. The third-order valence-corrected chi connectivity index (χ3v) is 6.45. The van der Waals surface area contributed by atoms with Crippen LogP contribution in [0.1, 0.15) is 18.1 Å². The van der Waals surface area contributed by atoms with Gasteiger partial charge in [-0.1, -0.05) is 0 Å². The molecule has 0 saturated carbocycles. The van der Waals surface area contributed by atoms with Gasteiger partial charge in [0.15, 0.2) is 4.21 Å². The van der Waals surface area contributed by atoms with Crippen LogP contribution in [0.5, 0.6) is 5.75 Å². The molecule has 0 radical (unpaired) electrons. The van der Waals surface area contributed by atoms with Gasteiger partial charge in [0.2, 0.25) is 0 Å². The Hall–Kier alpha value is -1.42.